The second kappa shape index (κ2) is 6.06. The predicted molar refractivity (Wildman–Crippen MR) is 76.4 cm³/mol. The van der Waals surface area contributed by atoms with Crippen LogP contribution in [0.3, 0.4) is 0 Å². The number of methoxy groups -OCH3 is 1. The predicted octanol–water partition coefficient (Wildman–Crippen LogP) is 1.72. The number of carbonyl (C=O) groups excluding carboxylic acids is 1. The third-order valence-corrected chi connectivity index (χ3v) is 3.71. The molecule has 1 aromatic rings. The van der Waals surface area contributed by atoms with E-state index in [1.807, 2.05) is 12.1 Å². The van der Waals surface area contributed by atoms with E-state index in [1.54, 1.807) is 0 Å². The van der Waals surface area contributed by atoms with Gasteiger partial charge in [0.05, 0.1) is 19.6 Å². The van der Waals surface area contributed by atoms with Gasteiger partial charge in [0.25, 0.3) is 0 Å². The smallest absolute Gasteiger partial charge is 0.307 e. The molecule has 2 rings (SSSR count). The minimum Gasteiger partial charge on any atom is -0.469 e. The molecule has 2 atom stereocenters. The molecule has 1 saturated heterocycles. The Morgan fingerprint density at radius 1 is 1.42 bits per heavy atom. The first kappa shape index (κ1) is 13.9. The molecule has 4 heteroatoms. The van der Waals surface area contributed by atoms with Crippen LogP contribution in [0.15, 0.2) is 24.3 Å². The van der Waals surface area contributed by atoms with Crippen molar-refractivity contribution in [1.29, 1.82) is 0 Å². The molecule has 1 aromatic carbocycles. The molecular formula is C15H22N2O2. The quantitative estimate of drug-likeness (QED) is 0.842. The van der Waals surface area contributed by atoms with Crippen molar-refractivity contribution in [2.75, 3.05) is 25.1 Å². The van der Waals surface area contributed by atoms with Gasteiger partial charge in [-0.2, -0.15) is 0 Å². The maximum absolute atomic E-state index is 11.6. The van der Waals surface area contributed by atoms with Crippen LogP contribution < -0.4 is 10.2 Å². The average molecular weight is 262 g/mol. The third-order valence-electron chi connectivity index (χ3n) is 3.71. The van der Waals surface area contributed by atoms with Crippen LogP contribution >= 0.6 is 0 Å². The molecule has 19 heavy (non-hydrogen) atoms. The highest BCUT2D eigenvalue weighted by Gasteiger charge is 2.30. The molecule has 1 heterocycles. The Hall–Kier alpha value is -1.55. The zero-order valence-electron chi connectivity index (χ0n) is 11.8. The van der Waals surface area contributed by atoms with Crippen molar-refractivity contribution in [2.45, 2.75) is 32.4 Å². The Morgan fingerprint density at radius 3 is 2.84 bits per heavy atom. The molecule has 1 aliphatic rings. The van der Waals surface area contributed by atoms with Crippen LogP contribution in [0.5, 0.6) is 0 Å². The maximum Gasteiger partial charge on any atom is 0.307 e. The highest BCUT2D eigenvalue weighted by Crippen LogP contribution is 2.26. The van der Waals surface area contributed by atoms with Gasteiger partial charge in [0.2, 0.25) is 0 Å². The maximum atomic E-state index is 11.6. The normalized spacial score (nSPS) is 23.2. The fourth-order valence-corrected chi connectivity index (χ4v) is 2.75. The van der Waals surface area contributed by atoms with E-state index >= 15 is 0 Å². The summed E-state index contributed by atoms with van der Waals surface area (Å²) in [6, 6.07) is 8.84. The molecular weight excluding hydrogens is 240 g/mol. The van der Waals surface area contributed by atoms with E-state index in [0.29, 0.717) is 12.5 Å². The number of nitrogens with one attached hydrogen (secondary N) is 1. The van der Waals surface area contributed by atoms with E-state index in [9.17, 15) is 4.79 Å². The number of rotatable bonds is 3. The summed E-state index contributed by atoms with van der Waals surface area (Å²) in [4.78, 5) is 13.9. The molecule has 4 nitrogen and oxygen atoms in total. The lowest BCUT2D eigenvalue weighted by Crippen LogP contribution is -2.57. The molecule has 0 spiro atoms. The second-order valence-electron chi connectivity index (χ2n) is 5.14. The topological polar surface area (TPSA) is 41.6 Å². The summed E-state index contributed by atoms with van der Waals surface area (Å²) in [5.41, 5.74) is 2.46. The number of hydrogen-bond acceptors (Lipinski definition) is 4. The van der Waals surface area contributed by atoms with E-state index in [1.165, 1.54) is 18.4 Å². The highest BCUT2D eigenvalue weighted by atomic mass is 16.5. The molecule has 0 aliphatic carbocycles. The summed E-state index contributed by atoms with van der Waals surface area (Å²) >= 11 is 0. The number of hydrogen-bond donors (Lipinski definition) is 1. The van der Waals surface area contributed by atoms with E-state index < -0.39 is 0 Å². The fourth-order valence-electron chi connectivity index (χ4n) is 2.75. The summed E-state index contributed by atoms with van der Waals surface area (Å²) in [6.07, 6.45) is 0.419. The Labute approximate surface area is 114 Å². The Kier molecular flexibility index (Phi) is 4.43. The lowest BCUT2D eigenvalue weighted by molar-refractivity contribution is -0.141. The van der Waals surface area contributed by atoms with Crippen LogP contribution in [0.4, 0.5) is 5.69 Å². The average Bonchev–Trinajstić information content (AvgIpc) is 2.40. The minimum atomic E-state index is -0.153. The van der Waals surface area contributed by atoms with Crippen LogP contribution in [0.25, 0.3) is 0 Å². The first-order chi connectivity index (χ1) is 9.13. The standard InChI is InChI=1S/C15H22N2O2/c1-11-6-4-5-7-14(11)17-12(2)9-16-10-13(17)8-15(18)19-3/h4-7,12-13,16H,8-10H2,1-3H3. The van der Waals surface area contributed by atoms with Gasteiger partial charge in [-0.3, -0.25) is 4.79 Å². The third kappa shape index (κ3) is 3.07. The Balaban J connectivity index is 2.26. The Morgan fingerprint density at radius 2 is 2.16 bits per heavy atom. The number of aryl methyl sites for hydroxylation is 1. The zero-order valence-corrected chi connectivity index (χ0v) is 11.8. The molecule has 0 bridgehead atoms. The van der Waals surface area contributed by atoms with Gasteiger partial charge in [0, 0.05) is 24.8 Å². The first-order valence-corrected chi connectivity index (χ1v) is 6.75. The number of anilines is 1. The second-order valence-corrected chi connectivity index (χ2v) is 5.14. The molecule has 1 aliphatic heterocycles. The number of piperazine rings is 1. The summed E-state index contributed by atoms with van der Waals surface area (Å²) in [7, 11) is 1.44. The zero-order chi connectivity index (χ0) is 13.8. The summed E-state index contributed by atoms with van der Waals surface area (Å²) < 4.78 is 4.81. The van der Waals surface area contributed by atoms with Crippen LogP contribution in [0.1, 0.15) is 18.9 Å². The number of para-hydroxylation sites is 1. The van der Waals surface area contributed by atoms with Crippen LogP contribution in [0, 0.1) is 6.92 Å². The van der Waals surface area contributed by atoms with Gasteiger partial charge in [-0.25, -0.2) is 0 Å². The number of esters is 1. The molecule has 0 aromatic heterocycles. The number of nitrogens with zero attached hydrogens (tertiary/aromatic N) is 1. The van der Waals surface area contributed by atoms with E-state index in [-0.39, 0.29) is 12.0 Å². The highest BCUT2D eigenvalue weighted by molar-refractivity contribution is 5.71. The van der Waals surface area contributed by atoms with Crippen LogP contribution in [-0.2, 0) is 9.53 Å². The minimum absolute atomic E-state index is 0.150. The molecule has 0 saturated carbocycles. The van der Waals surface area contributed by atoms with Gasteiger partial charge in [-0.15, -0.1) is 0 Å². The molecule has 0 radical (unpaired) electrons. The fraction of sp³-hybridized carbons (Fsp3) is 0.533. The summed E-state index contributed by atoms with van der Waals surface area (Å²) in [6.45, 7) is 6.04. The number of carbonyl (C=O) groups is 1. The largest absolute Gasteiger partial charge is 0.469 e. The van der Waals surface area contributed by atoms with Crippen molar-refractivity contribution in [3.8, 4) is 0 Å². The van der Waals surface area contributed by atoms with E-state index in [4.69, 9.17) is 4.74 Å². The van der Waals surface area contributed by atoms with Crippen molar-refractivity contribution in [2.24, 2.45) is 0 Å². The van der Waals surface area contributed by atoms with Crippen molar-refractivity contribution in [3.63, 3.8) is 0 Å². The van der Waals surface area contributed by atoms with Gasteiger partial charge in [-0.1, -0.05) is 18.2 Å². The van der Waals surface area contributed by atoms with E-state index in [2.05, 4.69) is 36.2 Å². The van der Waals surface area contributed by atoms with Gasteiger partial charge < -0.3 is 15.0 Å². The van der Waals surface area contributed by atoms with Crippen molar-refractivity contribution >= 4 is 11.7 Å². The number of benzene rings is 1. The monoisotopic (exact) mass is 262 g/mol. The Bertz CT molecular complexity index is 448. The SMILES string of the molecule is COC(=O)CC1CNCC(C)N1c1ccccc1C. The van der Waals surface area contributed by atoms with Gasteiger partial charge >= 0.3 is 5.97 Å². The lowest BCUT2D eigenvalue weighted by atomic mass is 10.0. The molecule has 2 unspecified atom stereocenters. The summed E-state index contributed by atoms with van der Waals surface area (Å²) in [5, 5.41) is 3.38. The van der Waals surface area contributed by atoms with Gasteiger partial charge in [0.1, 0.15) is 0 Å². The first-order valence-electron chi connectivity index (χ1n) is 6.75. The lowest BCUT2D eigenvalue weighted by Gasteiger charge is -2.43. The molecule has 104 valence electrons. The van der Waals surface area contributed by atoms with Gasteiger partial charge in [0.15, 0.2) is 0 Å². The van der Waals surface area contributed by atoms with Crippen molar-refractivity contribution in [3.05, 3.63) is 29.8 Å². The molecule has 1 N–H and O–H groups in total. The van der Waals surface area contributed by atoms with E-state index in [0.717, 1.165) is 13.1 Å². The van der Waals surface area contributed by atoms with Crippen LogP contribution in [0.2, 0.25) is 0 Å². The molecule has 1 fully saturated rings. The van der Waals surface area contributed by atoms with Gasteiger partial charge in [-0.05, 0) is 25.5 Å². The summed E-state index contributed by atoms with van der Waals surface area (Å²) in [5.74, 6) is -0.153. The van der Waals surface area contributed by atoms with Crippen LogP contribution in [-0.4, -0.2) is 38.3 Å². The van der Waals surface area contributed by atoms with Crippen molar-refractivity contribution < 1.29 is 9.53 Å². The number of ether oxygens (including phenoxy) is 1. The van der Waals surface area contributed by atoms with Crippen molar-refractivity contribution in [1.82, 2.24) is 5.32 Å². The molecule has 0 amide bonds.